The summed E-state index contributed by atoms with van der Waals surface area (Å²) in [5.41, 5.74) is 9.11. The van der Waals surface area contributed by atoms with Crippen LogP contribution in [0.25, 0.3) is 0 Å². The van der Waals surface area contributed by atoms with E-state index in [0.29, 0.717) is 28.8 Å². The number of carbonyl (C=O) groups excluding carboxylic acids is 1. The fourth-order valence-electron chi connectivity index (χ4n) is 5.50. The SMILES string of the molecule is CCC(=O)CSc1c2c(c(C(C)(CC)CC)c3c1CC(C)(C)C3)CC(C)(C)C2. The van der Waals surface area contributed by atoms with E-state index < -0.39 is 0 Å². The van der Waals surface area contributed by atoms with E-state index in [4.69, 9.17) is 0 Å². The first-order valence-electron chi connectivity index (χ1n) is 11.3. The van der Waals surface area contributed by atoms with Crippen LogP contribution in [0, 0.1) is 10.8 Å². The van der Waals surface area contributed by atoms with Gasteiger partial charge in [-0.2, -0.15) is 0 Å². The first kappa shape index (κ1) is 21.9. The lowest BCUT2D eigenvalue weighted by Gasteiger charge is -2.34. The third-order valence-electron chi connectivity index (χ3n) is 7.44. The Bertz CT molecular complexity index is 735. The van der Waals surface area contributed by atoms with Gasteiger partial charge in [0, 0.05) is 11.3 Å². The van der Waals surface area contributed by atoms with Crippen molar-refractivity contribution >= 4 is 17.5 Å². The fourth-order valence-corrected chi connectivity index (χ4v) is 6.75. The predicted octanol–water partition coefficient (Wildman–Crippen LogP) is 7.09. The van der Waals surface area contributed by atoms with Crippen LogP contribution in [0.5, 0.6) is 0 Å². The van der Waals surface area contributed by atoms with Crippen LogP contribution < -0.4 is 0 Å². The minimum atomic E-state index is 0.261. The second-order valence-corrected chi connectivity index (χ2v) is 12.1. The highest BCUT2D eigenvalue weighted by Gasteiger charge is 2.43. The van der Waals surface area contributed by atoms with Gasteiger partial charge in [0.25, 0.3) is 0 Å². The van der Waals surface area contributed by atoms with E-state index in [-0.39, 0.29) is 5.41 Å². The molecule has 0 saturated heterocycles. The number of carbonyl (C=O) groups is 1. The Hall–Kier alpha value is -0.760. The average Bonchev–Trinajstić information content (AvgIpc) is 3.11. The molecule has 0 aromatic heterocycles. The standard InChI is InChI=1S/C26H40OS/c1-9-17(27)16-28-23-20-14-24(4,5)12-18(20)22(26(8,10-2)11-3)19-13-25(6,7)15-21(19)23/h9-16H2,1-8H3. The minimum absolute atomic E-state index is 0.261. The molecular weight excluding hydrogens is 360 g/mol. The topological polar surface area (TPSA) is 17.1 Å². The highest BCUT2D eigenvalue weighted by Crippen LogP contribution is 2.54. The molecule has 0 fully saturated rings. The van der Waals surface area contributed by atoms with Gasteiger partial charge < -0.3 is 0 Å². The summed E-state index contributed by atoms with van der Waals surface area (Å²) in [6, 6.07) is 0. The maximum Gasteiger partial charge on any atom is 0.142 e. The van der Waals surface area contributed by atoms with E-state index in [1.807, 2.05) is 18.7 Å². The summed E-state index contributed by atoms with van der Waals surface area (Å²) in [6.07, 6.45) is 7.75. The van der Waals surface area contributed by atoms with Crippen LogP contribution in [0.15, 0.2) is 4.90 Å². The van der Waals surface area contributed by atoms with E-state index in [2.05, 4.69) is 48.5 Å². The zero-order chi connectivity index (χ0) is 20.9. The Morgan fingerprint density at radius 1 is 0.857 bits per heavy atom. The van der Waals surface area contributed by atoms with E-state index in [1.54, 1.807) is 27.8 Å². The van der Waals surface area contributed by atoms with E-state index in [1.165, 1.54) is 30.6 Å². The number of Topliss-reactive ketones (excluding diaryl/α,β-unsaturated/α-hetero) is 1. The second kappa shape index (κ2) is 7.49. The quantitative estimate of drug-likeness (QED) is 0.455. The Morgan fingerprint density at radius 2 is 1.29 bits per heavy atom. The van der Waals surface area contributed by atoms with Crippen molar-refractivity contribution in [3.05, 3.63) is 27.8 Å². The maximum atomic E-state index is 12.1. The van der Waals surface area contributed by atoms with Crippen molar-refractivity contribution < 1.29 is 4.79 Å². The minimum Gasteiger partial charge on any atom is -0.299 e. The van der Waals surface area contributed by atoms with Crippen molar-refractivity contribution in [1.29, 1.82) is 0 Å². The zero-order valence-corrected chi connectivity index (χ0v) is 20.3. The molecule has 156 valence electrons. The van der Waals surface area contributed by atoms with Gasteiger partial charge >= 0.3 is 0 Å². The monoisotopic (exact) mass is 400 g/mol. The number of thioether (sulfide) groups is 1. The molecule has 0 spiro atoms. The van der Waals surface area contributed by atoms with Gasteiger partial charge in [-0.1, -0.05) is 55.4 Å². The molecule has 0 aliphatic heterocycles. The third-order valence-corrected chi connectivity index (χ3v) is 8.69. The number of benzene rings is 1. The molecule has 0 N–H and O–H groups in total. The normalized spacial score (nSPS) is 19.6. The number of hydrogen-bond donors (Lipinski definition) is 0. The van der Waals surface area contributed by atoms with Gasteiger partial charge in [-0.25, -0.2) is 0 Å². The number of ketones is 1. The van der Waals surface area contributed by atoms with Gasteiger partial charge in [0.05, 0.1) is 5.75 Å². The van der Waals surface area contributed by atoms with Gasteiger partial charge in [0.2, 0.25) is 0 Å². The lowest BCUT2D eigenvalue weighted by atomic mass is 9.71. The molecule has 1 aromatic rings. The first-order chi connectivity index (χ1) is 13.0. The summed E-state index contributed by atoms with van der Waals surface area (Å²) in [6.45, 7) is 18.9. The molecule has 0 saturated carbocycles. The van der Waals surface area contributed by atoms with E-state index in [9.17, 15) is 4.79 Å². The van der Waals surface area contributed by atoms with Crippen molar-refractivity contribution in [2.75, 3.05) is 5.75 Å². The van der Waals surface area contributed by atoms with Crippen molar-refractivity contribution in [2.45, 2.75) is 111 Å². The molecule has 0 atom stereocenters. The Morgan fingerprint density at radius 3 is 1.68 bits per heavy atom. The zero-order valence-electron chi connectivity index (χ0n) is 19.5. The molecule has 0 unspecified atom stereocenters. The van der Waals surface area contributed by atoms with Gasteiger partial charge in [-0.05, 0) is 82.6 Å². The molecular formula is C26H40OS. The van der Waals surface area contributed by atoms with Crippen molar-refractivity contribution in [3.8, 4) is 0 Å². The molecule has 1 nitrogen and oxygen atoms in total. The van der Waals surface area contributed by atoms with E-state index >= 15 is 0 Å². The fraction of sp³-hybridized carbons (Fsp3) is 0.731. The summed E-state index contributed by atoms with van der Waals surface area (Å²) in [5, 5.41) is 0. The van der Waals surface area contributed by atoms with E-state index in [0.717, 1.165) is 12.8 Å². The predicted molar refractivity (Wildman–Crippen MR) is 123 cm³/mol. The Balaban J connectivity index is 2.26. The summed E-state index contributed by atoms with van der Waals surface area (Å²) in [5.74, 6) is 1.01. The molecule has 2 heteroatoms. The van der Waals surface area contributed by atoms with Gasteiger partial charge in [-0.15, -0.1) is 11.8 Å². The molecule has 0 radical (unpaired) electrons. The molecule has 2 aliphatic rings. The lowest BCUT2D eigenvalue weighted by Crippen LogP contribution is -2.25. The Labute approximate surface area is 177 Å². The van der Waals surface area contributed by atoms with Crippen LogP contribution in [0.1, 0.15) is 102 Å². The first-order valence-corrected chi connectivity index (χ1v) is 12.3. The highest BCUT2D eigenvalue weighted by atomic mass is 32.2. The van der Waals surface area contributed by atoms with Gasteiger partial charge in [0.1, 0.15) is 5.78 Å². The van der Waals surface area contributed by atoms with Crippen molar-refractivity contribution in [3.63, 3.8) is 0 Å². The summed E-state index contributed by atoms with van der Waals surface area (Å²) in [4.78, 5) is 13.6. The van der Waals surface area contributed by atoms with Crippen LogP contribution in [0.4, 0.5) is 0 Å². The van der Waals surface area contributed by atoms with Crippen LogP contribution >= 0.6 is 11.8 Å². The van der Waals surface area contributed by atoms with Gasteiger partial charge in [0.15, 0.2) is 0 Å². The van der Waals surface area contributed by atoms with Crippen LogP contribution in [-0.2, 0) is 35.9 Å². The Kier molecular flexibility index (Phi) is 5.87. The molecule has 28 heavy (non-hydrogen) atoms. The molecule has 0 amide bonds. The van der Waals surface area contributed by atoms with Crippen LogP contribution in [0.3, 0.4) is 0 Å². The van der Waals surface area contributed by atoms with Crippen LogP contribution in [0.2, 0.25) is 0 Å². The summed E-state index contributed by atoms with van der Waals surface area (Å²) in [7, 11) is 0. The van der Waals surface area contributed by atoms with Crippen molar-refractivity contribution in [2.24, 2.45) is 10.8 Å². The lowest BCUT2D eigenvalue weighted by molar-refractivity contribution is -0.116. The van der Waals surface area contributed by atoms with Crippen LogP contribution in [-0.4, -0.2) is 11.5 Å². The number of fused-ring (bicyclic) bond motifs is 2. The molecule has 1 aromatic carbocycles. The smallest absolute Gasteiger partial charge is 0.142 e. The van der Waals surface area contributed by atoms with Gasteiger partial charge in [-0.3, -0.25) is 4.79 Å². The summed E-state index contributed by atoms with van der Waals surface area (Å²) < 4.78 is 0. The largest absolute Gasteiger partial charge is 0.299 e. The van der Waals surface area contributed by atoms with Crippen molar-refractivity contribution in [1.82, 2.24) is 0 Å². The molecule has 0 bridgehead atoms. The summed E-state index contributed by atoms with van der Waals surface area (Å²) >= 11 is 1.85. The molecule has 2 aliphatic carbocycles. The average molecular weight is 401 g/mol. The maximum absolute atomic E-state index is 12.1. The second-order valence-electron chi connectivity index (χ2n) is 11.1. The number of rotatable bonds is 7. The number of hydrogen-bond acceptors (Lipinski definition) is 2. The molecule has 0 heterocycles. The highest BCUT2D eigenvalue weighted by molar-refractivity contribution is 8.00. The molecule has 3 rings (SSSR count). The third kappa shape index (κ3) is 3.83.